The number of benzene rings is 1. The number of aryl methyl sites for hydroxylation is 1. The zero-order valence-corrected chi connectivity index (χ0v) is 13.3. The molecule has 0 spiro atoms. The van der Waals surface area contributed by atoms with Gasteiger partial charge in [0.1, 0.15) is 0 Å². The number of rotatable bonds is 4. The van der Waals surface area contributed by atoms with Crippen LogP contribution in [0.2, 0.25) is 0 Å². The van der Waals surface area contributed by atoms with Crippen molar-refractivity contribution in [1.82, 2.24) is 15.1 Å². The highest BCUT2D eigenvalue weighted by Gasteiger charge is 2.36. The van der Waals surface area contributed by atoms with Gasteiger partial charge in [-0.1, -0.05) is 0 Å². The second-order valence-electron chi connectivity index (χ2n) is 5.41. The Morgan fingerprint density at radius 1 is 1.12 bits per heavy atom. The van der Waals surface area contributed by atoms with E-state index in [2.05, 4.69) is 10.4 Å². The Labute approximate surface area is 144 Å². The Kier molecular flexibility index (Phi) is 5.43. The van der Waals surface area contributed by atoms with Crippen LogP contribution in [0, 0.1) is 0 Å². The summed E-state index contributed by atoms with van der Waals surface area (Å²) in [6.07, 6.45) is -4.97. The monoisotopic (exact) mass is 377 g/mol. The van der Waals surface area contributed by atoms with Crippen LogP contribution in [-0.4, -0.2) is 15.7 Å². The van der Waals surface area contributed by atoms with Crippen molar-refractivity contribution in [3.63, 3.8) is 0 Å². The van der Waals surface area contributed by atoms with Crippen LogP contribution in [0.5, 0.6) is 0 Å². The topological polar surface area (TPSA) is 46.9 Å². The van der Waals surface area contributed by atoms with E-state index in [-0.39, 0.29) is 18.2 Å². The molecule has 2 rings (SSSR count). The van der Waals surface area contributed by atoms with Gasteiger partial charge < -0.3 is 5.32 Å². The van der Waals surface area contributed by atoms with E-state index in [0.29, 0.717) is 17.7 Å². The van der Waals surface area contributed by atoms with Crippen LogP contribution >= 0.6 is 0 Å². The van der Waals surface area contributed by atoms with Crippen molar-refractivity contribution in [1.29, 1.82) is 0 Å². The molecule has 0 fully saturated rings. The zero-order chi connectivity index (χ0) is 19.5. The zero-order valence-electron chi connectivity index (χ0n) is 13.3. The van der Waals surface area contributed by atoms with Crippen LogP contribution in [0.3, 0.4) is 0 Å². The SMILES string of the molecule is Cn1cc(CNC(=O)/C=C/c2cc(C(F)(F)F)cc(C(F)(F)F)c2)cn1. The molecule has 0 bridgehead atoms. The van der Waals surface area contributed by atoms with Crippen LogP contribution in [-0.2, 0) is 30.7 Å². The van der Waals surface area contributed by atoms with Crippen molar-refractivity contribution in [2.75, 3.05) is 0 Å². The largest absolute Gasteiger partial charge is 0.416 e. The highest BCUT2D eigenvalue weighted by molar-refractivity contribution is 5.91. The molecule has 4 nitrogen and oxygen atoms in total. The molecule has 1 N–H and O–H groups in total. The highest BCUT2D eigenvalue weighted by atomic mass is 19.4. The number of hydrogen-bond acceptors (Lipinski definition) is 2. The number of carbonyl (C=O) groups excluding carboxylic acids is 1. The second kappa shape index (κ2) is 7.22. The average molecular weight is 377 g/mol. The Balaban J connectivity index is 2.16. The van der Waals surface area contributed by atoms with Crippen LogP contribution in [0.25, 0.3) is 6.08 Å². The summed E-state index contributed by atoms with van der Waals surface area (Å²) in [5.74, 6) is -0.667. The third kappa shape index (κ3) is 5.36. The minimum absolute atomic E-state index is 0.0276. The molecule has 1 amide bonds. The lowest BCUT2D eigenvalue weighted by Crippen LogP contribution is -2.19. The van der Waals surface area contributed by atoms with E-state index < -0.39 is 29.4 Å². The van der Waals surface area contributed by atoms with Crippen molar-refractivity contribution in [3.8, 4) is 0 Å². The van der Waals surface area contributed by atoms with Crippen molar-refractivity contribution in [3.05, 3.63) is 58.9 Å². The van der Waals surface area contributed by atoms with Gasteiger partial charge in [-0.2, -0.15) is 31.4 Å². The van der Waals surface area contributed by atoms with Crippen LogP contribution in [0.4, 0.5) is 26.3 Å². The molecule has 0 radical (unpaired) electrons. The molecule has 1 aromatic carbocycles. The molecule has 0 atom stereocenters. The van der Waals surface area contributed by atoms with E-state index in [0.717, 1.165) is 12.2 Å². The molecule has 0 unspecified atom stereocenters. The summed E-state index contributed by atoms with van der Waals surface area (Å²) in [4.78, 5) is 11.7. The van der Waals surface area contributed by atoms with Crippen LogP contribution < -0.4 is 5.32 Å². The molecule has 0 aliphatic heterocycles. The fourth-order valence-corrected chi connectivity index (χ4v) is 2.06. The van der Waals surface area contributed by atoms with E-state index in [1.807, 2.05) is 0 Å². The van der Waals surface area contributed by atoms with Gasteiger partial charge in [0.15, 0.2) is 0 Å². The summed E-state index contributed by atoms with van der Waals surface area (Å²) >= 11 is 0. The molecule has 0 aliphatic carbocycles. The van der Waals surface area contributed by atoms with Crippen molar-refractivity contribution < 1.29 is 31.1 Å². The maximum absolute atomic E-state index is 12.8. The smallest absolute Gasteiger partial charge is 0.348 e. The van der Waals surface area contributed by atoms with Gasteiger partial charge >= 0.3 is 12.4 Å². The normalized spacial score (nSPS) is 12.6. The van der Waals surface area contributed by atoms with Gasteiger partial charge in [-0.3, -0.25) is 9.48 Å². The lowest BCUT2D eigenvalue weighted by atomic mass is 10.0. The number of amides is 1. The molecule has 2 aromatic rings. The number of aromatic nitrogens is 2. The number of alkyl halides is 6. The summed E-state index contributed by atoms with van der Waals surface area (Å²) in [5.41, 5.74) is -2.58. The predicted octanol–water partition coefficient (Wildman–Crippen LogP) is 3.79. The first-order valence-electron chi connectivity index (χ1n) is 7.18. The van der Waals surface area contributed by atoms with E-state index in [9.17, 15) is 31.1 Å². The maximum atomic E-state index is 12.8. The summed E-state index contributed by atoms with van der Waals surface area (Å²) in [7, 11) is 1.68. The number of carbonyl (C=O) groups is 1. The van der Waals surface area contributed by atoms with Gasteiger partial charge in [0.25, 0.3) is 0 Å². The van der Waals surface area contributed by atoms with Crippen LogP contribution in [0.15, 0.2) is 36.7 Å². The number of hydrogen-bond donors (Lipinski definition) is 1. The summed E-state index contributed by atoms with van der Waals surface area (Å²) in [6, 6.07) is 1.11. The average Bonchev–Trinajstić information content (AvgIpc) is 2.94. The minimum Gasteiger partial charge on any atom is -0.348 e. The number of nitrogens with one attached hydrogen (secondary N) is 1. The van der Waals surface area contributed by atoms with E-state index >= 15 is 0 Å². The molecule has 140 valence electrons. The molecule has 26 heavy (non-hydrogen) atoms. The fourth-order valence-electron chi connectivity index (χ4n) is 2.06. The molecule has 1 heterocycles. The van der Waals surface area contributed by atoms with E-state index in [4.69, 9.17) is 0 Å². The van der Waals surface area contributed by atoms with Crippen molar-refractivity contribution in [2.24, 2.45) is 7.05 Å². The van der Waals surface area contributed by atoms with E-state index in [1.54, 1.807) is 13.2 Å². The standard InChI is InChI=1S/C16H13F6N3O/c1-25-9-11(8-24-25)7-23-14(26)3-2-10-4-12(15(17,18)19)6-13(5-10)16(20,21)22/h2-6,8-9H,7H2,1H3,(H,23,26)/b3-2+. The third-order valence-electron chi connectivity index (χ3n) is 3.26. The highest BCUT2D eigenvalue weighted by Crippen LogP contribution is 2.36. The summed E-state index contributed by atoms with van der Waals surface area (Å²) in [5, 5.41) is 6.34. The van der Waals surface area contributed by atoms with Crippen LogP contribution in [0.1, 0.15) is 22.3 Å². The summed E-state index contributed by atoms with van der Waals surface area (Å²) < 4.78 is 78.1. The quantitative estimate of drug-likeness (QED) is 0.651. The molecule has 0 saturated heterocycles. The molecular formula is C16H13F6N3O. The molecule has 1 aromatic heterocycles. The maximum Gasteiger partial charge on any atom is 0.416 e. The first-order chi connectivity index (χ1) is 11.9. The number of nitrogens with zero attached hydrogens (tertiary/aromatic N) is 2. The molecule has 0 saturated carbocycles. The van der Waals surface area contributed by atoms with Gasteiger partial charge in [-0.15, -0.1) is 0 Å². The van der Waals surface area contributed by atoms with Crippen molar-refractivity contribution >= 4 is 12.0 Å². The third-order valence-corrected chi connectivity index (χ3v) is 3.26. The molecule has 10 heteroatoms. The van der Waals surface area contributed by atoms with E-state index in [1.165, 1.54) is 10.9 Å². The Hall–Kier alpha value is -2.78. The first-order valence-corrected chi connectivity index (χ1v) is 7.18. The second-order valence-corrected chi connectivity index (χ2v) is 5.41. The minimum atomic E-state index is -4.94. The number of halogens is 6. The van der Waals surface area contributed by atoms with Gasteiger partial charge in [-0.05, 0) is 29.8 Å². The van der Waals surface area contributed by atoms with Gasteiger partial charge in [-0.25, -0.2) is 0 Å². The Morgan fingerprint density at radius 3 is 2.15 bits per heavy atom. The first kappa shape index (κ1) is 19.5. The Bertz CT molecular complexity index is 788. The van der Waals surface area contributed by atoms with Gasteiger partial charge in [0, 0.05) is 31.4 Å². The molecule has 0 aliphatic rings. The predicted molar refractivity (Wildman–Crippen MR) is 80.5 cm³/mol. The van der Waals surface area contributed by atoms with Crippen molar-refractivity contribution in [2.45, 2.75) is 18.9 Å². The Morgan fingerprint density at radius 2 is 1.69 bits per heavy atom. The summed E-state index contributed by atoms with van der Waals surface area (Å²) in [6.45, 7) is 0.118. The van der Waals surface area contributed by atoms with Gasteiger partial charge in [0.05, 0.1) is 17.3 Å². The fraction of sp³-hybridized carbons (Fsp3) is 0.250. The van der Waals surface area contributed by atoms with Gasteiger partial charge in [0.2, 0.25) is 5.91 Å². The lowest BCUT2D eigenvalue weighted by Gasteiger charge is -2.12. The molecular weight excluding hydrogens is 364 g/mol. The lowest BCUT2D eigenvalue weighted by molar-refractivity contribution is -0.143.